The van der Waals surface area contributed by atoms with E-state index in [0.717, 1.165) is 10.9 Å². The number of imidazole rings is 1. The van der Waals surface area contributed by atoms with Crippen molar-refractivity contribution in [1.82, 2.24) is 35.4 Å². The van der Waals surface area contributed by atoms with Gasteiger partial charge in [-0.3, -0.25) is 19.3 Å². The summed E-state index contributed by atoms with van der Waals surface area (Å²) in [5.74, 6) is -0.601. The second-order valence-corrected chi connectivity index (χ2v) is 17.2. The van der Waals surface area contributed by atoms with E-state index >= 15 is 0 Å². The Hall–Kier alpha value is -5.81. The van der Waals surface area contributed by atoms with Gasteiger partial charge in [0.25, 0.3) is 0 Å². The number of amides is 5. The first-order valence-electron chi connectivity index (χ1n) is 20.7. The molecular weight excluding hydrogens is 785 g/mol. The Bertz CT molecular complexity index is 2200. The summed E-state index contributed by atoms with van der Waals surface area (Å²) in [6, 6.07) is 15.0. The molecule has 17 nitrogen and oxygen atoms in total. The summed E-state index contributed by atoms with van der Waals surface area (Å²) < 4.78 is 25.0. The second kappa shape index (κ2) is 19.7. The molecule has 2 atom stereocenters. The van der Waals surface area contributed by atoms with E-state index in [2.05, 4.69) is 21.3 Å². The molecule has 1 fully saturated rings. The molecule has 0 spiro atoms. The molecule has 61 heavy (non-hydrogen) atoms. The number of aromatic nitrogens is 3. The van der Waals surface area contributed by atoms with Crippen molar-refractivity contribution in [3.8, 4) is 0 Å². The average Bonchev–Trinajstić information content (AvgIpc) is 3.83. The molecule has 3 heterocycles. The first kappa shape index (κ1) is 46.3. The topological polar surface area (TPSA) is 204 Å². The van der Waals surface area contributed by atoms with Crippen molar-refractivity contribution in [2.24, 2.45) is 0 Å². The van der Waals surface area contributed by atoms with E-state index < -0.39 is 58.7 Å². The molecule has 0 radical (unpaired) electrons. The van der Waals surface area contributed by atoms with Gasteiger partial charge in [-0.2, -0.15) is 0 Å². The predicted octanol–water partition coefficient (Wildman–Crippen LogP) is 5.58. The summed E-state index contributed by atoms with van der Waals surface area (Å²) in [5.41, 5.74) is -0.217. The molecular formula is C44H60N8O9. The lowest BCUT2D eigenvalue weighted by Crippen LogP contribution is -2.55. The highest BCUT2D eigenvalue weighted by Gasteiger charge is 2.38. The van der Waals surface area contributed by atoms with Crippen LogP contribution in [0.15, 0.2) is 54.6 Å². The maximum absolute atomic E-state index is 13.7. The van der Waals surface area contributed by atoms with Crippen molar-refractivity contribution >= 4 is 57.7 Å². The maximum atomic E-state index is 13.7. The monoisotopic (exact) mass is 844 g/mol. The van der Waals surface area contributed by atoms with Gasteiger partial charge in [0.05, 0.1) is 29.8 Å². The minimum absolute atomic E-state index is 0.0756. The van der Waals surface area contributed by atoms with Crippen LogP contribution in [-0.4, -0.2) is 104 Å². The number of nitrogens with one attached hydrogen (secondary N) is 4. The normalized spacial score (nSPS) is 15.0. The van der Waals surface area contributed by atoms with Gasteiger partial charge >= 0.3 is 12.2 Å². The molecule has 4 aromatic rings. The number of hydrogen-bond acceptors (Lipinski definition) is 11. The predicted molar refractivity (Wildman–Crippen MR) is 229 cm³/mol. The van der Waals surface area contributed by atoms with Gasteiger partial charge in [-0.1, -0.05) is 48.5 Å². The number of rotatable bonds is 17. The number of benzene rings is 2. The molecule has 1 aliphatic heterocycles. The summed E-state index contributed by atoms with van der Waals surface area (Å²) in [5, 5.41) is 11.9. The number of pyridine rings is 1. The fourth-order valence-electron chi connectivity index (χ4n) is 6.83. The number of para-hydroxylation sites is 1. The Balaban J connectivity index is 1.27. The van der Waals surface area contributed by atoms with Crippen molar-refractivity contribution in [1.29, 1.82) is 0 Å². The van der Waals surface area contributed by atoms with Crippen LogP contribution in [0.2, 0.25) is 0 Å². The second-order valence-electron chi connectivity index (χ2n) is 17.2. The highest BCUT2D eigenvalue weighted by atomic mass is 16.6. The Morgan fingerprint density at radius 2 is 1.62 bits per heavy atom. The van der Waals surface area contributed by atoms with Crippen molar-refractivity contribution in [2.75, 3.05) is 31.6 Å². The lowest BCUT2D eigenvalue weighted by molar-refractivity contribution is -0.129. The zero-order valence-corrected chi connectivity index (χ0v) is 36.7. The van der Waals surface area contributed by atoms with Crippen LogP contribution in [0, 0.1) is 0 Å². The molecule has 17 heteroatoms. The first-order valence-corrected chi connectivity index (χ1v) is 20.7. The molecule has 1 aliphatic rings. The van der Waals surface area contributed by atoms with Crippen molar-refractivity contribution < 1.29 is 42.9 Å². The van der Waals surface area contributed by atoms with E-state index in [4.69, 9.17) is 28.9 Å². The molecule has 2 unspecified atom stereocenters. The molecule has 0 aliphatic carbocycles. The number of carbonyl (C=O) groups is 5. The van der Waals surface area contributed by atoms with Crippen LogP contribution in [0.25, 0.3) is 21.9 Å². The van der Waals surface area contributed by atoms with Crippen LogP contribution in [0.3, 0.4) is 0 Å². The quantitative estimate of drug-likeness (QED) is 0.0967. The van der Waals surface area contributed by atoms with Crippen molar-refractivity contribution in [2.45, 2.75) is 124 Å². The first-order chi connectivity index (χ1) is 28.8. The smallest absolute Gasteiger partial charge is 0.410 e. The lowest BCUT2D eigenvalue weighted by Gasteiger charge is -2.28. The van der Waals surface area contributed by atoms with Crippen molar-refractivity contribution in [3.63, 3.8) is 0 Å². The number of ether oxygens (including phenoxy) is 4. The number of anilines is 1. The fourth-order valence-corrected chi connectivity index (χ4v) is 6.83. The van der Waals surface area contributed by atoms with Crippen LogP contribution in [-0.2, 0) is 53.1 Å². The third kappa shape index (κ3) is 12.4. The van der Waals surface area contributed by atoms with Crippen molar-refractivity contribution in [3.05, 3.63) is 66.0 Å². The van der Waals surface area contributed by atoms with E-state index in [1.165, 1.54) is 4.90 Å². The maximum Gasteiger partial charge on any atom is 0.410 e. The zero-order valence-electron chi connectivity index (χ0n) is 36.7. The Labute approximate surface area is 356 Å². The summed E-state index contributed by atoms with van der Waals surface area (Å²) in [7, 11) is 0. The third-order valence-corrected chi connectivity index (χ3v) is 9.89. The molecule has 330 valence electrons. The van der Waals surface area contributed by atoms with Crippen LogP contribution in [0.1, 0.15) is 86.5 Å². The Morgan fingerprint density at radius 3 is 2.33 bits per heavy atom. The molecule has 0 saturated carbocycles. The number of likely N-dealkylation sites (tertiary alicyclic amines) is 1. The number of alkyl carbamates (subject to hydrolysis) is 1. The molecule has 1 saturated heterocycles. The average molecular weight is 845 g/mol. The van der Waals surface area contributed by atoms with E-state index in [9.17, 15) is 24.0 Å². The zero-order chi connectivity index (χ0) is 44.5. The molecule has 2 aromatic heterocycles. The Kier molecular flexibility index (Phi) is 14.9. The number of hydrogen-bond donors (Lipinski definition) is 4. The van der Waals surface area contributed by atoms with Gasteiger partial charge in [-0.05, 0) is 86.8 Å². The molecule has 5 rings (SSSR count). The Morgan fingerprint density at radius 1 is 0.918 bits per heavy atom. The van der Waals surface area contributed by atoms with E-state index in [1.54, 1.807) is 41.5 Å². The van der Waals surface area contributed by atoms with Gasteiger partial charge in [0.1, 0.15) is 47.8 Å². The summed E-state index contributed by atoms with van der Waals surface area (Å²) in [6.45, 7) is 17.5. The standard InChI is InChI=1S/C44H60N8O9/c1-10-58-26-33-48-34-35(52(33)27-43(6,7)60-24-22-45-39(55)44(8,9)50-40(56)59-25-29-17-12-11-13-18-29)30-19-14-15-20-31(30)47-36(34)49-37(53)28(2)46-38(54)32-21-16-23-51(32)41(57)61-42(3,4)5/h11-15,17-20,28,32H,10,16,21-27H2,1-9H3,(H,45,55)(H,46,54)(H,50,56)(H,47,49,53). The van der Waals surface area contributed by atoms with Crippen LogP contribution < -0.4 is 21.3 Å². The van der Waals surface area contributed by atoms with E-state index in [0.29, 0.717) is 54.9 Å². The SMILES string of the molecule is CCOCc1nc2c(NC(=O)C(C)NC(=O)C3CCCN3C(=O)OC(C)(C)C)nc3ccccc3c2n1CC(C)(C)OCCNC(=O)C(C)(C)NC(=O)OCc1ccccc1. The van der Waals surface area contributed by atoms with Gasteiger partial charge in [-0.25, -0.2) is 19.6 Å². The van der Waals surface area contributed by atoms with Crippen LogP contribution in [0.5, 0.6) is 0 Å². The van der Waals surface area contributed by atoms with Gasteiger partial charge in [-0.15, -0.1) is 0 Å². The van der Waals surface area contributed by atoms with Gasteiger partial charge in [0.2, 0.25) is 17.7 Å². The van der Waals surface area contributed by atoms with Crippen LogP contribution in [0.4, 0.5) is 15.4 Å². The number of carbonyl (C=O) groups excluding carboxylic acids is 5. The third-order valence-electron chi connectivity index (χ3n) is 9.89. The fraction of sp³-hybridized carbons (Fsp3) is 0.523. The lowest BCUT2D eigenvalue weighted by atomic mass is 10.1. The highest BCUT2D eigenvalue weighted by Crippen LogP contribution is 2.32. The summed E-state index contributed by atoms with van der Waals surface area (Å²) >= 11 is 0. The largest absolute Gasteiger partial charge is 0.445 e. The van der Waals surface area contributed by atoms with E-state index in [-0.39, 0.29) is 32.2 Å². The molecule has 4 N–H and O–H groups in total. The van der Waals surface area contributed by atoms with Crippen LogP contribution >= 0.6 is 0 Å². The highest BCUT2D eigenvalue weighted by molar-refractivity contribution is 6.10. The van der Waals surface area contributed by atoms with Gasteiger partial charge in [0.15, 0.2) is 5.82 Å². The summed E-state index contributed by atoms with van der Waals surface area (Å²) in [4.78, 5) is 76.6. The van der Waals surface area contributed by atoms with Gasteiger partial charge < -0.3 is 44.8 Å². The molecule has 5 amide bonds. The minimum atomic E-state index is -1.25. The minimum Gasteiger partial charge on any atom is -0.445 e. The summed E-state index contributed by atoms with van der Waals surface area (Å²) in [6.07, 6.45) is -0.203. The molecule has 2 aromatic carbocycles. The molecule has 0 bridgehead atoms. The number of fused-ring (bicyclic) bond motifs is 3. The number of nitrogens with zero attached hydrogens (tertiary/aromatic N) is 4. The van der Waals surface area contributed by atoms with Gasteiger partial charge in [0, 0.05) is 25.1 Å². The van der Waals surface area contributed by atoms with E-state index in [1.807, 2.05) is 79.9 Å².